The molecule has 5 atom stereocenters. The van der Waals surface area contributed by atoms with Crippen molar-refractivity contribution < 1.29 is 14.3 Å². The first kappa shape index (κ1) is 17.9. The molecule has 5 unspecified atom stereocenters. The van der Waals surface area contributed by atoms with Gasteiger partial charge in [-0.25, -0.2) is 0 Å². The molecule has 0 saturated heterocycles. The summed E-state index contributed by atoms with van der Waals surface area (Å²) in [5, 5.41) is 10.6. The number of nitrogens with two attached hydrogens (primary N) is 1. The van der Waals surface area contributed by atoms with Crippen LogP contribution in [-0.4, -0.2) is 24.9 Å². The molecule has 0 radical (unpaired) electrons. The number of carbonyl (C=O) groups is 2. The molecule has 0 bridgehead atoms. The standard InChI is InChI=1S/C19H21ClN2O3/c1-2-25-18(24)16-14-8-12(7-11-3-5-13(20)6-4-11)19(10-22,17(14)16)15(23)9-21/h3-6,12,14,16-17H,2,7-9,21H2,1H3. The van der Waals surface area contributed by atoms with Crippen LogP contribution in [0.25, 0.3) is 0 Å². The minimum absolute atomic E-state index is 0.0338. The number of esters is 1. The van der Waals surface area contributed by atoms with Gasteiger partial charge in [-0.2, -0.15) is 5.26 Å². The number of ketones is 1. The predicted octanol–water partition coefficient (Wildman–Crippen LogP) is 2.37. The van der Waals surface area contributed by atoms with E-state index in [1.165, 1.54) is 0 Å². The third kappa shape index (κ3) is 2.84. The van der Waals surface area contributed by atoms with Gasteiger partial charge in [0.05, 0.1) is 25.1 Å². The molecule has 3 rings (SSSR count). The third-order valence-electron chi connectivity index (χ3n) is 5.68. The summed E-state index contributed by atoms with van der Waals surface area (Å²) < 4.78 is 5.11. The summed E-state index contributed by atoms with van der Waals surface area (Å²) in [6, 6.07) is 9.68. The molecule has 0 amide bonds. The molecule has 132 valence electrons. The molecule has 6 heteroatoms. The number of nitrogens with zero attached hydrogens (tertiary/aromatic N) is 1. The summed E-state index contributed by atoms with van der Waals surface area (Å²) in [6.07, 6.45) is 1.26. The van der Waals surface area contributed by atoms with Crippen LogP contribution in [0.3, 0.4) is 0 Å². The summed E-state index contributed by atoms with van der Waals surface area (Å²) in [7, 11) is 0. The van der Waals surface area contributed by atoms with Crippen molar-refractivity contribution >= 4 is 23.4 Å². The van der Waals surface area contributed by atoms with Crippen molar-refractivity contribution in [3.05, 3.63) is 34.9 Å². The lowest BCUT2D eigenvalue weighted by Gasteiger charge is -2.31. The van der Waals surface area contributed by atoms with Crippen LogP contribution in [0.1, 0.15) is 18.9 Å². The number of hydrogen-bond donors (Lipinski definition) is 1. The summed E-state index contributed by atoms with van der Waals surface area (Å²) in [6.45, 7) is 1.86. The van der Waals surface area contributed by atoms with E-state index in [-0.39, 0.29) is 42.0 Å². The van der Waals surface area contributed by atoms with Crippen LogP contribution in [0.2, 0.25) is 5.02 Å². The molecule has 0 aromatic heterocycles. The molecule has 2 aliphatic carbocycles. The number of nitriles is 1. The molecule has 1 aromatic rings. The molecule has 2 fully saturated rings. The first-order chi connectivity index (χ1) is 12.0. The van der Waals surface area contributed by atoms with Crippen molar-refractivity contribution in [1.82, 2.24) is 0 Å². The Labute approximate surface area is 152 Å². The summed E-state index contributed by atoms with van der Waals surface area (Å²) in [4.78, 5) is 24.8. The van der Waals surface area contributed by atoms with E-state index in [4.69, 9.17) is 22.1 Å². The fourth-order valence-electron chi connectivity index (χ4n) is 4.59. The monoisotopic (exact) mass is 360 g/mol. The van der Waals surface area contributed by atoms with Crippen LogP contribution in [-0.2, 0) is 20.7 Å². The molecule has 2 N–H and O–H groups in total. The van der Waals surface area contributed by atoms with Gasteiger partial charge in [0.2, 0.25) is 0 Å². The fraction of sp³-hybridized carbons (Fsp3) is 0.526. The topological polar surface area (TPSA) is 93.2 Å². The Balaban J connectivity index is 1.87. The van der Waals surface area contributed by atoms with Crippen LogP contribution in [0.5, 0.6) is 0 Å². The Morgan fingerprint density at radius 2 is 2.08 bits per heavy atom. The Kier molecular flexibility index (Phi) is 4.86. The molecular weight excluding hydrogens is 340 g/mol. The highest BCUT2D eigenvalue weighted by molar-refractivity contribution is 6.30. The second-order valence-electron chi connectivity index (χ2n) is 6.84. The van der Waals surface area contributed by atoms with Crippen molar-refractivity contribution in [2.75, 3.05) is 13.2 Å². The third-order valence-corrected chi connectivity index (χ3v) is 5.93. The number of rotatable bonds is 6. The summed E-state index contributed by atoms with van der Waals surface area (Å²) in [5.74, 6) is -1.30. The average Bonchev–Trinajstić information content (AvgIpc) is 3.23. The SMILES string of the molecule is CCOC(=O)C1C2CC(Cc3ccc(Cl)cc3)C(C#N)(C(=O)CN)C21. The number of Topliss-reactive ketones (excluding diaryl/α,β-unsaturated/α-hetero) is 1. The number of hydrogen-bond acceptors (Lipinski definition) is 5. The summed E-state index contributed by atoms with van der Waals surface area (Å²) >= 11 is 5.92. The fourth-order valence-corrected chi connectivity index (χ4v) is 4.72. The maximum Gasteiger partial charge on any atom is 0.309 e. The quantitative estimate of drug-likeness (QED) is 0.786. The van der Waals surface area contributed by atoms with Crippen molar-refractivity contribution in [3.8, 4) is 6.07 Å². The van der Waals surface area contributed by atoms with E-state index in [0.717, 1.165) is 5.56 Å². The van der Waals surface area contributed by atoms with Crippen molar-refractivity contribution in [3.63, 3.8) is 0 Å². The zero-order valence-corrected chi connectivity index (χ0v) is 14.8. The maximum atomic E-state index is 12.7. The van der Waals surface area contributed by atoms with Gasteiger partial charge in [0.15, 0.2) is 5.78 Å². The molecular formula is C19H21ClN2O3. The van der Waals surface area contributed by atoms with Gasteiger partial charge >= 0.3 is 5.97 Å². The van der Waals surface area contributed by atoms with Crippen LogP contribution in [0.4, 0.5) is 0 Å². The Hall–Kier alpha value is -1.90. The minimum Gasteiger partial charge on any atom is -0.466 e. The van der Waals surface area contributed by atoms with Crippen molar-refractivity contribution in [2.24, 2.45) is 34.8 Å². The highest BCUT2D eigenvalue weighted by atomic mass is 35.5. The molecule has 25 heavy (non-hydrogen) atoms. The normalized spacial score (nSPS) is 32.6. The Bertz CT molecular complexity index is 727. The van der Waals surface area contributed by atoms with Gasteiger partial charge in [0, 0.05) is 10.9 Å². The maximum absolute atomic E-state index is 12.7. The van der Waals surface area contributed by atoms with Gasteiger partial charge in [-0.3, -0.25) is 9.59 Å². The van der Waals surface area contributed by atoms with Crippen molar-refractivity contribution in [1.29, 1.82) is 5.26 Å². The van der Waals surface area contributed by atoms with Crippen LogP contribution in [0.15, 0.2) is 24.3 Å². The zero-order chi connectivity index (χ0) is 18.2. The van der Waals surface area contributed by atoms with E-state index >= 15 is 0 Å². The smallest absolute Gasteiger partial charge is 0.309 e. The van der Waals surface area contributed by atoms with Gasteiger partial charge in [-0.05, 0) is 49.3 Å². The number of halogens is 1. The first-order valence-electron chi connectivity index (χ1n) is 8.55. The Morgan fingerprint density at radius 3 is 2.64 bits per heavy atom. The van der Waals surface area contributed by atoms with Gasteiger partial charge in [-0.1, -0.05) is 23.7 Å². The minimum atomic E-state index is -1.20. The largest absolute Gasteiger partial charge is 0.466 e. The number of benzene rings is 1. The first-order valence-corrected chi connectivity index (χ1v) is 8.93. The molecule has 0 heterocycles. The molecule has 1 aromatic carbocycles. The van der Waals surface area contributed by atoms with Gasteiger partial charge in [0.1, 0.15) is 5.41 Å². The average molecular weight is 361 g/mol. The second kappa shape index (κ2) is 6.78. The van der Waals surface area contributed by atoms with E-state index in [9.17, 15) is 14.9 Å². The lowest BCUT2D eigenvalue weighted by Crippen LogP contribution is -2.43. The lowest BCUT2D eigenvalue weighted by atomic mass is 9.68. The van der Waals surface area contributed by atoms with E-state index in [1.54, 1.807) is 19.1 Å². The van der Waals surface area contributed by atoms with E-state index in [1.807, 2.05) is 12.1 Å². The van der Waals surface area contributed by atoms with Gasteiger partial charge in [0.25, 0.3) is 0 Å². The molecule has 0 aliphatic heterocycles. The van der Waals surface area contributed by atoms with Gasteiger partial charge < -0.3 is 10.5 Å². The zero-order valence-electron chi connectivity index (χ0n) is 14.1. The molecule has 2 saturated carbocycles. The highest BCUT2D eigenvalue weighted by Gasteiger charge is 2.74. The van der Waals surface area contributed by atoms with E-state index < -0.39 is 5.41 Å². The second-order valence-corrected chi connectivity index (χ2v) is 7.28. The van der Waals surface area contributed by atoms with Crippen LogP contribution in [0, 0.1) is 40.4 Å². The van der Waals surface area contributed by atoms with Crippen molar-refractivity contribution in [2.45, 2.75) is 19.8 Å². The lowest BCUT2D eigenvalue weighted by molar-refractivity contribution is -0.146. The number of fused-ring (bicyclic) bond motifs is 1. The molecule has 5 nitrogen and oxygen atoms in total. The highest BCUT2D eigenvalue weighted by Crippen LogP contribution is 2.69. The van der Waals surface area contributed by atoms with Crippen LogP contribution >= 0.6 is 11.6 Å². The summed E-state index contributed by atoms with van der Waals surface area (Å²) in [5.41, 5.74) is 5.44. The Morgan fingerprint density at radius 1 is 1.40 bits per heavy atom. The van der Waals surface area contributed by atoms with E-state index in [2.05, 4.69) is 6.07 Å². The number of ether oxygens (including phenoxy) is 1. The van der Waals surface area contributed by atoms with E-state index in [0.29, 0.717) is 24.5 Å². The van der Waals surface area contributed by atoms with Crippen LogP contribution < -0.4 is 5.73 Å². The molecule has 2 aliphatic rings. The number of carbonyl (C=O) groups excluding carboxylic acids is 2. The predicted molar refractivity (Wildman–Crippen MR) is 92.5 cm³/mol. The molecule has 0 spiro atoms. The van der Waals surface area contributed by atoms with Gasteiger partial charge in [-0.15, -0.1) is 0 Å².